The van der Waals surface area contributed by atoms with Crippen molar-refractivity contribution in [2.24, 2.45) is 5.92 Å². The van der Waals surface area contributed by atoms with Gasteiger partial charge in [-0.15, -0.1) is 0 Å². The number of nitrogens with one attached hydrogen (secondary N) is 1. The molecule has 0 radical (unpaired) electrons. The number of nitrogens with zero attached hydrogens (tertiary/aromatic N) is 1. The molecule has 176 valence electrons. The zero-order chi connectivity index (χ0) is 23.7. The van der Waals surface area contributed by atoms with Gasteiger partial charge in [-0.25, -0.2) is 0 Å². The van der Waals surface area contributed by atoms with E-state index >= 15 is 0 Å². The molecule has 0 bridgehead atoms. The summed E-state index contributed by atoms with van der Waals surface area (Å²) in [6, 6.07) is 19.3. The van der Waals surface area contributed by atoms with Gasteiger partial charge in [0.2, 0.25) is 0 Å². The Morgan fingerprint density at radius 2 is 1.85 bits per heavy atom. The molecule has 1 unspecified atom stereocenters. The number of rotatable bonds is 5. The Balaban J connectivity index is 1.44. The fourth-order valence-electron chi connectivity index (χ4n) is 4.76. The second kappa shape index (κ2) is 10.1. The lowest BCUT2D eigenvalue weighted by Gasteiger charge is -2.39. The zero-order valence-corrected chi connectivity index (χ0v) is 21.2. The molecule has 0 spiro atoms. The maximum atomic E-state index is 13.6. The first-order valence-electron chi connectivity index (χ1n) is 11.6. The van der Waals surface area contributed by atoms with Gasteiger partial charge in [0.1, 0.15) is 11.5 Å². The minimum Gasteiger partial charge on any atom is -0.457 e. The summed E-state index contributed by atoms with van der Waals surface area (Å²) < 4.78 is 6.05. The minimum atomic E-state index is -0.163. The van der Waals surface area contributed by atoms with Crippen LogP contribution in [0.3, 0.4) is 0 Å². The molecule has 2 aliphatic rings. The number of para-hydroxylation sites is 1. The summed E-state index contributed by atoms with van der Waals surface area (Å²) in [6.07, 6.45) is 6.40. The topological polar surface area (TPSA) is 45.5 Å². The number of anilines is 1. The van der Waals surface area contributed by atoms with Crippen molar-refractivity contribution < 1.29 is 9.21 Å². The smallest absolute Gasteiger partial charge is 0.263 e. The molecular formula is C27H26Cl2N2O2S. The van der Waals surface area contributed by atoms with Crippen LogP contribution in [0.4, 0.5) is 5.69 Å². The number of carbonyl (C=O) groups is 1. The summed E-state index contributed by atoms with van der Waals surface area (Å²) in [4.78, 5) is 16.4. The first-order valence-corrected chi connectivity index (χ1v) is 13.2. The molecule has 7 heteroatoms. The van der Waals surface area contributed by atoms with E-state index in [1.165, 1.54) is 6.42 Å². The quantitative estimate of drug-likeness (QED) is 0.350. The van der Waals surface area contributed by atoms with Gasteiger partial charge < -0.3 is 14.6 Å². The second-order valence-corrected chi connectivity index (χ2v) is 10.8. The Morgan fingerprint density at radius 3 is 2.65 bits per heavy atom. The van der Waals surface area contributed by atoms with Crippen molar-refractivity contribution in [3.05, 3.63) is 81.4 Å². The Labute approximate surface area is 214 Å². The van der Waals surface area contributed by atoms with Crippen LogP contribution in [-0.4, -0.2) is 22.3 Å². The van der Waals surface area contributed by atoms with Crippen LogP contribution in [-0.2, 0) is 4.79 Å². The SMILES string of the molecule is C[C@H]1CCCC[C@H]1N1C(=O)/C(=C/c2ccc(-c3cc(Cl)ccc3Cl)o2)SC1Nc1ccccc1. The summed E-state index contributed by atoms with van der Waals surface area (Å²) in [5.41, 5.74) is 1.56. The van der Waals surface area contributed by atoms with E-state index < -0.39 is 0 Å². The van der Waals surface area contributed by atoms with E-state index in [4.69, 9.17) is 27.6 Å². The Morgan fingerprint density at radius 1 is 1.06 bits per heavy atom. The van der Waals surface area contributed by atoms with Crippen LogP contribution in [0, 0.1) is 5.92 Å². The van der Waals surface area contributed by atoms with Crippen LogP contribution in [0.1, 0.15) is 38.4 Å². The molecule has 1 amide bonds. The molecule has 1 N–H and O–H groups in total. The van der Waals surface area contributed by atoms with Gasteiger partial charge >= 0.3 is 0 Å². The van der Waals surface area contributed by atoms with Crippen LogP contribution in [0.5, 0.6) is 0 Å². The Hall–Kier alpha value is -2.34. The lowest BCUT2D eigenvalue weighted by molar-refractivity contribution is -0.129. The standard InChI is InChI=1S/C27H26Cl2N2O2S/c1-17-7-5-6-10-23(17)31-26(32)25(34-27(31)30-19-8-3-2-4-9-19)16-20-12-14-24(33-20)21-15-18(28)11-13-22(21)29/h2-4,8-9,11-17,23,27,30H,5-7,10H2,1H3/b25-16-/t17-,23+,27?/m0/s1. The largest absolute Gasteiger partial charge is 0.457 e. The van der Waals surface area contributed by atoms with Crippen LogP contribution in [0.2, 0.25) is 10.0 Å². The van der Waals surface area contributed by atoms with E-state index in [9.17, 15) is 4.79 Å². The highest BCUT2D eigenvalue weighted by Gasteiger charge is 2.43. The van der Waals surface area contributed by atoms with Gasteiger partial charge in [-0.05, 0) is 61.2 Å². The first kappa shape index (κ1) is 23.4. The fraction of sp³-hybridized carbons (Fsp3) is 0.296. The van der Waals surface area contributed by atoms with Crippen molar-refractivity contribution in [2.45, 2.75) is 44.1 Å². The molecule has 2 heterocycles. The highest BCUT2D eigenvalue weighted by molar-refractivity contribution is 8.05. The van der Waals surface area contributed by atoms with E-state index in [1.807, 2.05) is 53.4 Å². The first-order chi connectivity index (χ1) is 16.5. The maximum absolute atomic E-state index is 13.6. The molecule has 2 aromatic carbocycles. The summed E-state index contributed by atoms with van der Waals surface area (Å²) >= 11 is 14.0. The highest BCUT2D eigenvalue weighted by atomic mass is 35.5. The van der Waals surface area contributed by atoms with E-state index in [0.29, 0.717) is 32.4 Å². The van der Waals surface area contributed by atoms with Crippen LogP contribution < -0.4 is 5.32 Å². The number of benzene rings is 2. The maximum Gasteiger partial charge on any atom is 0.263 e. The van der Waals surface area contributed by atoms with Crippen molar-refractivity contribution in [2.75, 3.05) is 5.32 Å². The molecule has 34 heavy (non-hydrogen) atoms. The van der Waals surface area contributed by atoms with E-state index in [0.717, 1.165) is 30.5 Å². The van der Waals surface area contributed by atoms with E-state index in [1.54, 1.807) is 30.0 Å². The van der Waals surface area contributed by atoms with Crippen LogP contribution >= 0.6 is 35.0 Å². The third kappa shape index (κ3) is 4.88. The summed E-state index contributed by atoms with van der Waals surface area (Å²) in [5.74, 6) is 1.75. The fourth-order valence-corrected chi connectivity index (χ4v) is 6.33. The van der Waals surface area contributed by atoms with Gasteiger partial charge in [-0.3, -0.25) is 4.79 Å². The van der Waals surface area contributed by atoms with Gasteiger partial charge in [0, 0.05) is 28.4 Å². The molecule has 1 aliphatic carbocycles. The Bertz CT molecular complexity index is 1210. The number of furan rings is 1. The van der Waals surface area contributed by atoms with Crippen LogP contribution in [0.25, 0.3) is 17.4 Å². The lowest BCUT2D eigenvalue weighted by atomic mass is 9.85. The number of hydrogen-bond donors (Lipinski definition) is 1. The predicted octanol–water partition coefficient (Wildman–Crippen LogP) is 8.14. The van der Waals surface area contributed by atoms with Gasteiger partial charge in [-0.1, -0.05) is 72.9 Å². The molecule has 1 saturated heterocycles. The Kier molecular flexibility index (Phi) is 6.96. The normalized spacial score (nSPS) is 24.1. The molecule has 5 rings (SSSR count). The van der Waals surface area contributed by atoms with Crippen molar-refractivity contribution in [1.29, 1.82) is 0 Å². The average molecular weight is 513 g/mol. The molecule has 1 aromatic heterocycles. The number of amides is 1. The minimum absolute atomic E-state index is 0.0518. The summed E-state index contributed by atoms with van der Waals surface area (Å²) in [5, 5.41) is 4.72. The number of halogens is 2. The molecule has 2 fully saturated rings. The van der Waals surface area contributed by atoms with Gasteiger partial charge in [0.15, 0.2) is 5.50 Å². The monoisotopic (exact) mass is 512 g/mol. The highest BCUT2D eigenvalue weighted by Crippen LogP contribution is 2.42. The molecule has 4 nitrogen and oxygen atoms in total. The van der Waals surface area contributed by atoms with Gasteiger partial charge in [-0.2, -0.15) is 0 Å². The van der Waals surface area contributed by atoms with Crippen molar-refractivity contribution >= 4 is 52.6 Å². The molecule has 1 aliphatic heterocycles. The average Bonchev–Trinajstić information content (AvgIpc) is 3.41. The van der Waals surface area contributed by atoms with Crippen molar-refractivity contribution in [1.82, 2.24) is 4.90 Å². The van der Waals surface area contributed by atoms with E-state index in [2.05, 4.69) is 12.2 Å². The molecular weight excluding hydrogens is 487 g/mol. The zero-order valence-electron chi connectivity index (χ0n) is 18.8. The van der Waals surface area contributed by atoms with Gasteiger partial charge in [0.05, 0.1) is 9.93 Å². The third-order valence-electron chi connectivity index (χ3n) is 6.52. The summed E-state index contributed by atoms with van der Waals surface area (Å²) in [6.45, 7) is 2.26. The van der Waals surface area contributed by atoms with Crippen molar-refractivity contribution in [3.63, 3.8) is 0 Å². The molecule has 1 saturated carbocycles. The second-order valence-electron chi connectivity index (χ2n) is 8.86. The molecule has 3 aromatic rings. The van der Waals surface area contributed by atoms with Gasteiger partial charge in [0.25, 0.3) is 5.91 Å². The number of carbonyl (C=O) groups excluding carboxylic acids is 1. The number of thioether (sulfide) groups is 1. The third-order valence-corrected chi connectivity index (χ3v) is 8.20. The lowest BCUT2D eigenvalue weighted by Crippen LogP contribution is -2.48. The summed E-state index contributed by atoms with van der Waals surface area (Å²) in [7, 11) is 0. The van der Waals surface area contributed by atoms with Crippen molar-refractivity contribution in [3.8, 4) is 11.3 Å². The van der Waals surface area contributed by atoms with Crippen LogP contribution in [0.15, 0.2) is 70.0 Å². The molecule has 3 atom stereocenters. The predicted molar refractivity (Wildman–Crippen MR) is 142 cm³/mol. The van der Waals surface area contributed by atoms with E-state index in [-0.39, 0.29) is 17.4 Å². The number of hydrogen-bond acceptors (Lipinski definition) is 4.